The van der Waals surface area contributed by atoms with Crippen LogP contribution in [0.2, 0.25) is 5.02 Å². The van der Waals surface area contributed by atoms with Gasteiger partial charge in [-0.15, -0.1) is 0 Å². The van der Waals surface area contributed by atoms with E-state index in [1.54, 1.807) is 0 Å². The summed E-state index contributed by atoms with van der Waals surface area (Å²) in [5.74, 6) is -0.354. The van der Waals surface area contributed by atoms with E-state index in [1.807, 2.05) is 0 Å². The lowest BCUT2D eigenvalue weighted by Crippen LogP contribution is -1.86. The summed E-state index contributed by atoms with van der Waals surface area (Å²) < 4.78 is 13.0. The molecule has 0 aromatic heterocycles. The number of fused-ring (bicyclic) bond motifs is 1. The molecule has 72 valence electrons. The van der Waals surface area contributed by atoms with Gasteiger partial charge in [0, 0.05) is 5.02 Å². The molecule has 3 heteroatoms. The van der Waals surface area contributed by atoms with Crippen molar-refractivity contribution < 1.29 is 9.18 Å². The lowest BCUT2D eigenvalue weighted by molar-refractivity contribution is -0.104. The third-order valence-electron chi connectivity index (χ3n) is 2.42. The standard InChI is InChI=1S/C11H8ClFO/c12-11-6-8(13)5-10-7(3-4-14)1-2-9(10)11/h3-6H,1-2H2/b7-3+. The van der Waals surface area contributed by atoms with Gasteiger partial charge in [-0.05, 0) is 47.8 Å². The van der Waals surface area contributed by atoms with Crippen LogP contribution >= 0.6 is 11.6 Å². The Morgan fingerprint density at radius 2 is 2.14 bits per heavy atom. The summed E-state index contributed by atoms with van der Waals surface area (Å²) in [7, 11) is 0. The molecule has 0 heterocycles. The highest BCUT2D eigenvalue weighted by atomic mass is 35.5. The van der Waals surface area contributed by atoms with E-state index < -0.39 is 0 Å². The number of halogens is 2. The second kappa shape index (κ2) is 3.54. The SMILES string of the molecule is O=C/C=C1\CCc2c(Cl)cc(F)cc21. The Labute approximate surface area is 86.2 Å². The van der Waals surface area contributed by atoms with Crippen molar-refractivity contribution in [3.8, 4) is 0 Å². The second-order valence-corrected chi connectivity index (χ2v) is 3.65. The summed E-state index contributed by atoms with van der Waals surface area (Å²) >= 11 is 5.88. The van der Waals surface area contributed by atoms with Crippen molar-refractivity contribution in [2.45, 2.75) is 12.8 Å². The Balaban J connectivity index is 2.60. The third kappa shape index (κ3) is 1.46. The van der Waals surface area contributed by atoms with Gasteiger partial charge >= 0.3 is 0 Å². The monoisotopic (exact) mass is 210 g/mol. The predicted molar refractivity (Wildman–Crippen MR) is 53.8 cm³/mol. The van der Waals surface area contributed by atoms with Crippen LogP contribution < -0.4 is 0 Å². The van der Waals surface area contributed by atoms with Gasteiger partial charge in [-0.1, -0.05) is 11.6 Å². The van der Waals surface area contributed by atoms with Gasteiger partial charge in [0.1, 0.15) is 12.1 Å². The number of benzene rings is 1. The third-order valence-corrected chi connectivity index (χ3v) is 2.76. The van der Waals surface area contributed by atoms with E-state index in [0.717, 1.165) is 35.8 Å². The zero-order valence-electron chi connectivity index (χ0n) is 7.39. The van der Waals surface area contributed by atoms with E-state index >= 15 is 0 Å². The largest absolute Gasteiger partial charge is 0.299 e. The Morgan fingerprint density at radius 1 is 1.36 bits per heavy atom. The number of hydrogen-bond donors (Lipinski definition) is 0. The van der Waals surface area contributed by atoms with E-state index in [4.69, 9.17) is 11.6 Å². The van der Waals surface area contributed by atoms with Crippen molar-refractivity contribution in [3.63, 3.8) is 0 Å². The van der Waals surface area contributed by atoms with Crippen LogP contribution in [0.4, 0.5) is 4.39 Å². The van der Waals surface area contributed by atoms with Gasteiger partial charge in [0.2, 0.25) is 0 Å². The number of hydrogen-bond acceptors (Lipinski definition) is 1. The average molecular weight is 211 g/mol. The molecule has 0 spiro atoms. The molecule has 1 aromatic carbocycles. The Morgan fingerprint density at radius 3 is 2.86 bits per heavy atom. The first kappa shape index (κ1) is 9.41. The van der Waals surface area contributed by atoms with Gasteiger partial charge in [0.15, 0.2) is 0 Å². The molecule has 0 atom stereocenters. The molecule has 2 rings (SSSR count). The average Bonchev–Trinajstić information content (AvgIpc) is 2.49. The molecule has 0 unspecified atom stereocenters. The summed E-state index contributed by atoms with van der Waals surface area (Å²) in [4.78, 5) is 10.3. The van der Waals surface area contributed by atoms with E-state index in [0.29, 0.717) is 5.02 Å². The molecular formula is C11H8ClFO. The molecule has 0 saturated carbocycles. The van der Waals surface area contributed by atoms with E-state index in [-0.39, 0.29) is 5.82 Å². The molecular weight excluding hydrogens is 203 g/mol. The second-order valence-electron chi connectivity index (χ2n) is 3.24. The number of carbonyl (C=O) groups excluding carboxylic acids is 1. The smallest absolute Gasteiger partial charge is 0.143 e. The molecule has 0 amide bonds. The van der Waals surface area contributed by atoms with Crippen LogP contribution in [0, 0.1) is 5.82 Å². The molecule has 1 aliphatic rings. The maximum Gasteiger partial charge on any atom is 0.143 e. The minimum absolute atomic E-state index is 0.354. The fourth-order valence-electron chi connectivity index (χ4n) is 1.79. The van der Waals surface area contributed by atoms with Gasteiger partial charge in [0.25, 0.3) is 0 Å². The normalized spacial score (nSPS) is 17.1. The lowest BCUT2D eigenvalue weighted by Gasteiger charge is -2.02. The fourth-order valence-corrected chi connectivity index (χ4v) is 2.09. The molecule has 0 radical (unpaired) electrons. The van der Waals surface area contributed by atoms with Crippen molar-refractivity contribution in [1.29, 1.82) is 0 Å². The Kier molecular flexibility index (Phi) is 2.38. The number of carbonyl (C=O) groups is 1. The predicted octanol–water partition coefficient (Wildman–Crippen LogP) is 3.01. The molecule has 0 N–H and O–H groups in total. The molecule has 0 bridgehead atoms. The maximum absolute atomic E-state index is 13.0. The van der Waals surface area contributed by atoms with Gasteiger partial charge < -0.3 is 0 Å². The summed E-state index contributed by atoms with van der Waals surface area (Å²) in [6.07, 6.45) is 3.75. The topological polar surface area (TPSA) is 17.1 Å². The Hall–Kier alpha value is -1.15. The quantitative estimate of drug-likeness (QED) is 0.515. The molecule has 1 aliphatic carbocycles. The van der Waals surface area contributed by atoms with E-state index in [1.165, 1.54) is 18.2 Å². The summed E-state index contributed by atoms with van der Waals surface area (Å²) in [6.45, 7) is 0. The van der Waals surface area contributed by atoms with Crippen LogP contribution in [0.25, 0.3) is 5.57 Å². The number of aldehydes is 1. The molecule has 0 aliphatic heterocycles. The van der Waals surface area contributed by atoms with Crippen LogP contribution in [-0.4, -0.2) is 6.29 Å². The number of allylic oxidation sites excluding steroid dienone is 2. The zero-order chi connectivity index (χ0) is 10.1. The van der Waals surface area contributed by atoms with Crippen molar-refractivity contribution in [3.05, 3.63) is 40.2 Å². The summed E-state index contributed by atoms with van der Waals surface area (Å²) in [6, 6.07) is 2.74. The maximum atomic E-state index is 13.0. The van der Waals surface area contributed by atoms with Gasteiger partial charge in [-0.3, -0.25) is 4.79 Å². The highest BCUT2D eigenvalue weighted by Crippen LogP contribution is 2.36. The van der Waals surface area contributed by atoms with Crippen LogP contribution in [0.15, 0.2) is 18.2 Å². The van der Waals surface area contributed by atoms with Crippen LogP contribution in [0.3, 0.4) is 0 Å². The van der Waals surface area contributed by atoms with Crippen molar-refractivity contribution >= 4 is 23.5 Å². The van der Waals surface area contributed by atoms with Crippen LogP contribution in [0.5, 0.6) is 0 Å². The Bertz CT molecular complexity index is 424. The highest BCUT2D eigenvalue weighted by Gasteiger charge is 2.19. The van der Waals surface area contributed by atoms with Crippen LogP contribution in [-0.2, 0) is 11.2 Å². The molecule has 14 heavy (non-hydrogen) atoms. The van der Waals surface area contributed by atoms with Gasteiger partial charge in [-0.25, -0.2) is 4.39 Å². The van der Waals surface area contributed by atoms with Crippen molar-refractivity contribution in [2.24, 2.45) is 0 Å². The zero-order valence-corrected chi connectivity index (χ0v) is 8.14. The molecule has 1 aromatic rings. The minimum Gasteiger partial charge on any atom is -0.299 e. The number of rotatable bonds is 1. The highest BCUT2D eigenvalue weighted by molar-refractivity contribution is 6.31. The molecule has 1 nitrogen and oxygen atoms in total. The van der Waals surface area contributed by atoms with Crippen LogP contribution in [0.1, 0.15) is 17.5 Å². The van der Waals surface area contributed by atoms with Gasteiger partial charge in [-0.2, -0.15) is 0 Å². The first-order valence-corrected chi connectivity index (χ1v) is 4.73. The van der Waals surface area contributed by atoms with Crippen molar-refractivity contribution in [1.82, 2.24) is 0 Å². The summed E-state index contributed by atoms with van der Waals surface area (Å²) in [5, 5.41) is 0.453. The molecule has 0 fully saturated rings. The molecule has 0 saturated heterocycles. The fraction of sp³-hybridized carbons (Fsp3) is 0.182. The summed E-state index contributed by atoms with van der Waals surface area (Å²) in [5.41, 5.74) is 2.60. The lowest BCUT2D eigenvalue weighted by atomic mass is 10.1. The first-order valence-electron chi connectivity index (χ1n) is 4.35. The minimum atomic E-state index is -0.354. The first-order chi connectivity index (χ1) is 6.72. The van der Waals surface area contributed by atoms with E-state index in [9.17, 15) is 9.18 Å². The van der Waals surface area contributed by atoms with Crippen molar-refractivity contribution in [2.75, 3.05) is 0 Å². The van der Waals surface area contributed by atoms with E-state index in [2.05, 4.69) is 0 Å². The van der Waals surface area contributed by atoms with Gasteiger partial charge in [0.05, 0.1) is 0 Å².